The van der Waals surface area contributed by atoms with Crippen LogP contribution in [0, 0.1) is 0 Å². The van der Waals surface area contributed by atoms with E-state index in [4.69, 9.17) is 0 Å². The Morgan fingerprint density at radius 3 is 2.43 bits per heavy atom. The van der Waals surface area contributed by atoms with Crippen LogP contribution in [-0.2, 0) is 21.2 Å². The summed E-state index contributed by atoms with van der Waals surface area (Å²) in [6, 6.07) is 6.64. The predicted molar refractivity (Wildman–Crippen MR) is 157 cm³/mol. The number of pyridine rings is 1. The molecular formula is C28H35F7N3O2PS. The van der Waals surface area contributed by atoms with Crippen LogP contribution >= 0.6 is 19.3 Å². The van der Waals surface area contributed by atoms with E-state index in [-0.39, 0.29) is 22.4 Å². The third-order valence-corrected chi connectivity index (χ3v) is 10.3. The summed E-state index contributed by atoms with van der Waals surface area (Å²) in [4.78, 5) is 30.3. The van der Waals surface area contributed by atoms with Crippen molar-refractivity contribution in [3.63, 3.8) is 0 Å². The molecule has 14 heteroatoms. The summed E-state index contributed by atoms with van der Waals surface area (Å²) in [5.41, 5.74) is -0.588. The molecule has 0 saturated heterocycles. The number of amides is 2. The first kappa shape index (κ1) is 37.1. The predicted octanol–water partition coefficient (Wildman–Crippen LogP) is 8.19. The summed E-state index contributed by atoms with van der Waals surface area (Å²) in [6.45, 7) is 8.91. The van der Waals surface area contributed by atoms with Crippen molar-refractivity contribution >= 4 is 42.1 Å². The zero-order chi connectivity index (χ0) is 31.0. The molecule has 2 unspecified atom stereocenters. The number of hydrogen-bond acceptors (Lipinski definition) is 4. The second-order valence-corrected chi connectivity index (χ2v) is 13.4. The van der Waals surface area contributed by atoms with Gasteiger partial charge in [0.2, 0.25) is 0 Å². The largest absolute Gasteiger partial charge is 0.269 e. The zero-order valence-electron chi connectivity index (χ0n) is 23.7. The second kappa shape index (κ2) is 15.0. The van der Waals surface area contributed by atoms with E-state index in [0.717, 1.165) is 29.7 Å². The number of hydrogen-bond donors (Lipinski definition) is 2. The molecule has 0 spiro atoms. The van der Waals surface area contributed by atoms with Gasteiger partial charge in [-0.15, -0.1) is 0 Å². The Bertz CT molecular complexity index is 1300. The van der Waals surface area contributed by atoms with Gasteiger partial charge in [0.1, 0.15) is 0 Å². The van der Waals surface area contributed by atoms with Crippen LogP contribution in [0.3, 0.4) is 0 Å². The Hall–Kier alpha value is -2.92. The van der Waals surface area contributed by atoms with Gasteiger partial charge < -0.3 is 0 Å². The van der Waals surface area contributed by atoms with Crippen LogP contribution < -0.4 is 15.9 Å². The number of alkyl halides is 2. The number of rotatable bonds is 12. The van der Waals surface area contributed by atoms with Gasteiger partial charge in [-0.1, -0.05) is 20.8 Å². The molecule has 234 valence electrons. The first-order chi connectivity index (χ1) is 19.2. The fourth-order valence-electron chi connectivity index (χ4n) is 4.10. The van der Waals surface area contributed by atoms with Gasteiger partial charge in [0.05, 0.1) is 0 Å². The van der Waals surface area contributed by atoms with E-state index in [1.54, 1.807) is 30.1 Å². The van der Waals surface area contributed by atoms with Crippen LogP contribution in [0.5, 0.6) is 0 Å². The molecule has 0 aliphatic carbocycles. The van der Waals surface area contributed by atoms with Crippen molar-refractivity contribution in [2.24, 2.45) is 0 Å². The Morgan fingerprint density at radius 2 is 1.86 bits per heavy atom. The van der Waals surface area contributed by atoms with Crippen molar-refractivity contribution in [1.82, 2.24) is 10.3 Å². The van der Waals surface area contributed by atoms with Gasteiger partial charge in [0.15, 0.2) is 0 Å². The Labute approximate surface area is 245 Å². The molecule has 0 fully saturated rings. The molecule has 2 aromatic rings. The van der Waals surface area contributed by atoms with Crippen LogP contribution in [-0.4, -0.2) is 35.4 Å². The number of anilines is 1. The molecule has 1 aliphatic heterocycles. The van der Waals surface area contributed by atoms with E-state index in [1.807, 2.05) is 26.1 Å². The second-order valence-electron chi connectivity index (χ2n) is 9.05. The summed E-state index contributed by atoms with van der Waals surface area (Å²) in [7, 11) is -7.36. The standard InChI is InChI=1S/C26H28F6N3O2PS.C2H6.FH/c1-4-39-20-8-6-18(33-15-20)14-24(36)35-19-7-9-21-23(13-19)38(30,31,32)26(21,3)25(37)34-16(2)22(29)10-5-17(28)11-12-27;1-2;/h6-9,11,13,15,22H,2,4-5,10,12,14H2,1,3H3,(H,34,37)(H,35,36);1-2H3;1H/b17-11+;;. The van der Waals surface area contributed by atoms with Crippen LogP contribution in [0.15, 0.2) is 65.6 Å². The summed E-state index contributed by atoms with van der Waals surface area (Å²) < 4.78 is 85.7. The average Bonchev–Trinajstić information content (AvgIpc) is 2.93. The van der Waals surface area contributed by atoms with Crippen LogP contribution in [0.2, 0.25) is 0 Å². The van der Waals surface area contributed by atoms with E-state index in [0.29, 0.717) is 11.8 Å². The Kier molecular flexibility index (Phi) is 13.3. The third kappa shape index (κ3) is 7.72. The maximum absolute atomic E-state index is 15.3. The molecule has 5 nitrogen and oxygen atoms in total. The molecule has 0 radical (unpaired) electrons. The molecule has 0 bridgehead atoms. The number of aromatic nitrogens is 1. The monoisotopic (exact) mass is 641 g/mol. The van der Waals surface area contributed by atoms with Gasteiger partial charge in [-0.2, -0.15) is 0 Å². The van der Waals surface area contributed by atoms with Crippen molar-refractivity contribution in [1.29, 1.82) is 0 Å². The number of halogens is 7. The maximum atomic E-state index is 15.3. The molecule has 2 amide bonds. The van der Waals surface area contributed by atoms with Crippen molar-refractivity contribution in [3.05, 3.63) is 72.0 Å². The normalized spacial score (nSPS) is 19.6. The first-order valence-corrected chi connectivity index (χ1v) is 15.9. The zero-order valence-corrected chi connectivity index (χ0v) is 25.4. The van der Waals surface area contributed by atoms with Gasteiger partial charge in [-0.3, -0.25) is 4.70 Å². The number of thioether (sulfide) groups is 1. The van der Waals surface area contributed by atoms with Gasteiger partial charge >= 0.3 is 220 Å². The smallest absolute Gasteiger partial charge is 0.0683 e. The minimum Gasteiger partial charge on any atom is -0.269 e. The molecule has 1 aromatic carbocycles. The summed E-state index contributed by atoms with van der Waals surface area (Å²) >= 11 is 1.58. The fraction of sp³-hybridized carbons (Fsp3) is 0.393. The number of nitrogens with zero attached hydrogens (tertiary/aromatic N) is 1. The number of carbonyl (C=O) groups excluding carboxylic acids is 2. The van der Waals surface area contributed by atoms with E-state index in [2.05, 4.69) is 16.9 Å². The maximum Gasteiger partial charge on any atom is -0.0683 e. The van der Waals surface area contributed by atoms with Crippen molar-refractivity contribution in [3.8, 4) is 0 Å². The van der Waals surface area contributed by atoms with Crippen LogP contribution in [0.25, 0.3) is 0 Å². The van der Waals surface area contributed by atoms with Gasteiger partial charge in [-0.25, -0.2) is 0 Å². The SMILES string of the molecule is C=C(NC(=O)C1(C)c2ccc(NC(=O)Cc3ccc(SCC)cn3)cc2P1(F)(F)F)C(F)CC/C(F)=C\CF.CC.F. The van der Waals surface area contributed by atoms with E-state index >= 15 is 12.6 Å². The number of carbonyl (C=O) groups is 2. The van der Waals surface area contributed by atoms with Crippen LogP contribution in [0.1, 0.15) is 51.8 Å². The molecule has 3 rings (SSSR count). The minimum atomic E-state index is -7.36. The van der Waals surface area contributed by atoms with E-state index < -0.39 is 67.0 Å². The Balaban J connectivity index is 0.00000288. The van der Waals surface area contributed by atoms with Crippen molar-refractivity contribution in [2.75, 3.05) is 17.7 Å². The molecule has 42 heavy (non-hydrogen) atoms. The summed E-state index contributed by atoms with van der Waals surface area (Å²) in [5.74, 6) is -2.11. The molecule has 2 heterocycles. The number of fused-ring (bicyclic) bond motifs is 1. The minimum absolute atomic E-state index is 0. The molecule has 2 atom stereocenters. The molecule has 0 saturated carbocycles. The van der Waals surface area contributed by atoms with Crippen molar-refractivity contribution < 1.29 is 40.1 Å². The first-order valence-electron chi connectivity index (χ1n) is 13.0. The quantitative estimate of drug-likeness (QED) is 0.139. The fourth-order valence-corrected chi connectivity index (χ4v) is 7.06. The average molecular weight is 642 g/mol. The third-order valence-electron chi connectivity index (χ3n) is 6.41. The number of allylic oxidation sites excluding steroid dienone is 3. The molecule has 1 aromatic heterocycles. The summed E-state index contributed by atoms with van der Waals surface area (Å²) in [6.07, 6.45) is -0.971. The Morgan fingerprint density at radius 1 is 1.19 bits per heavy atom. The molecule has 1 aliphatic rings. The van der Waals surface area contributed by atoms with Gasteiger partial charge in [0, 0.05) is 0 Å². The van der Waals surface area contributed by atoms with Gasteiger partial charge in [0.25, 0.3) is 0 Å². The van der Waals surface area contributed by atoms with Gasteiger partial charge in [-0.05, 0) is 0 Å². The van der Waals surface area contributed by atoms with Crippen molar-refractivity contribution in [2.45, 2.75) is 63.2 Å². The summed E-state index contributed by atoms with van der Waals surface area (Å²) in [5, 5.41) is 0.434. The number of nitrogens with one attached hydrogen (secondary N) is 2. The van der Waals surface area contributed by atoms with E-state index in [1.165, 1.54) is 6.07 Å². The van der Waals surface area contributed by atoms with Crippen LogP contribution in [0.4, 0.5) is 36.2 Å². The topological polar surface area (TPSA) is 71.1 Å². The van der Waals surface area contributed by atoms with E-state index in [9.17, 15) is 22.8 Å². The number of benzene rings is 1. The molecular weight excluding hydrogens is 606 g/mol. The molecule has 2 N–H and O–H groups in total.